The van der Waals surface area contributed by atoms with E-state index >= 15 is 0 Å². The van der Waals surface area contributed by atoms with Crippen LogP contribution in [0.3, 0.4) is 0 Å². The van der Waals surface area contributed by atoms with Crippen molar-refractivity contribution in [2.24, 2.45) is 5.73 Å². The summed E-state index contributed by atoms with van der Waals surface area (Å²) in [5.41, 5.74) is 12.8. The highest BCUT2D eigenvalue weighted by Crippen LogP contribution is 2.24. The van der Waals surface area contributed by atoms with E-state index in [9.17, 15) is 0 Å². The Balaban J connectivity index is 2.50. The highest BCUT2D eigenvalue weighted by atomic mass is 32.1. The van der Waals surface area contributed by atoms with Gasteiger partial charge in [-0.15, -0.1) is 0 Å². The predicted octanol–water partition coefficient (Wildman–Crippen LogP) is 1.19. The molecule has 14 heavy (non-hydrogen) atoms. The summed E-state index contributed by atoms with van der Waals surface area (Å²) in [6.07, 6.45) is 0. The van der Waals surface area contributed by atoms with E-state index in [1.54, 1.807) is 0 Å². The molecule has 0 aliphatic rings. The number of fused-ring (bicyclic) bond motifs is 1. The van der Waals surface area contributed by atoms with Crippen LogP contribution in [0.15, 0.2) is 18.2 Å². The molecule has 1 aromatic heterocycles. The molecule has 1 heterocycles. The van der Waals surface area contributed by atoms with Gasteiger partial charge < -0.3 is 11.5 Å². The summed E-state index contributed by atoms with van der Waals surface area (Å²) in [7, 11) is 0. The minimum Gasteiger partial charge on any atom is -0.375 e. The van der Waals surface area contributed by atoms with Gasteiger partial charge in [0.05, 0.1) is 16.8 Å². The van der Waals surface area contributed by atoms with Crippen molar-refractivity contribution in [2.75, 3.05) is 12.3 Å². The summed E-state index contributed by atoms with van der Waals surface area (Å²) in [6.45, 7) is 0.378. The van der Waals surface area contributed by atoms with E-state index in [4.69, 9.17) is 11.5 Å². The molecule has 2 rings (SSSR count). The Hall–Kier alpha value is -1.57. The number of aromatic nitrogens is 1. The van der Waals surface area contributed by atoms with E-state index in [2.05, 4.69) is 16.8 Å². The number of rotatable bonds is 0. The van der Waals surface area contributed by atoms with Crippen LogP contribution in [-0.2, 0) is 0 Å². The first-order chi connectivity index (χ1) is 6.79. The molecule has 0 radical (unpaired) electrons. The molecule has 1 aromatic carbocycles. The van der Waals surface area contributed by atoms with Crippen LogP contribution in [-0.4, -0.2) is 11.5 Å². The van der Waals surface area contributed by atoms with Gasteiger partial charge in [0.1, 0.15) is 0 Å². The first-order valence-electron chi connectivity index (χ1n) is 4.14. The summed E-state index contributed by atoms with van der Waals surface area (Å²) in [5.74, 6) is 5.78. The van der Waals surface area contributed by atoms with Gasteiger partial charge in [-0.25, -0.2) is 4.98 Å². The molecule has 3 nitrogen and oxygen atoms in total. The summed E-state index contributed by atoms with van der Waals surface area (Å²) in [5, 5.41) is 0.587. The van der Waals surface area contributed by atoms with Crippen molar-refractivity contribution in [3.63, 3.8) is 0 Å². The lowest BCUT2D eigenvalue weighted by Crippen LogP contribution is -1.92. The molecule has 4 N–H and O–H groups in total. The van der Waals surface area contributed by atoms with Gasteiger partial charge >= 0.3 is 0 Å². The zero-order valence-electron chi connectivity index (χ0n) is 7.45. The van der Waals surface area contributed by atoms with Gasteiger partial charge in [0, 0.05) is 5.56 Å². The van der Waals surface area contributed by atoms with Crippen molar-refractivity contribution >= 4 is 26.7 Å². The Morgan fingerprint density at radius 3 is 3.07 bits per heavy atom. The van der Waals surface area contributed by atoms with Gasteiger partial charge in [0.15, 0.2) is 5.13 Å². The molecule has 0 fully saturated rings. The molecular weight excluding hydrogens is 194 g/mol. The van der Waals surface area contributed by atoms with Crippen LogP contribution in [0.1, 0.15) is 5.56 Å². The lowest BCUT2D eigenvalue weighted by atomic mass is 10.2. The molecule has 0 spiro atoms. The Morgan fingerprint density at radius 2 is 2.29 bits per heavy atom. The third-order valence-electron chi connectivity index (χ3n) is 1.74. The molecule has 0 aliphatic carbocycles. The van der Waals surface area contributed by atoms with Crippen molar-refractivity contribution in [1.82, 2.24) is 4.98 Å². The highest BCUT2D eigenvalue weighted by molar-refractivity contribution is 7.22. The average molecular weight is 203 g/mol. The maximum Gasteiger partial charge on any atom is 0.181 e. The van der Waals surface area contributed by atoms with Crippen LogP contribution in [0.5, 0.6) is 0 Å². The molecule has 2 aromatic rings. The first kappa shape index (κ1) is 9.00. The fraction of sp³-hybridized carbons (Fsp3) is 0.100. The number of thiazole rings is 1. The van der Waals surface area contributed by atoms with E-state index in [1.165, 1.54) is 11.3 Å². The average Bonchev–Trinajstić information content (AvgIpc) is 2.54. The van der Waals surface area contributed by atoms with Crippen LogP contribution >= 0.6 is 11.3 Å². The fourth-order valence-corrected chi connectivity index (χ4v) is 1.95. The van der Waals surface area contributed by atoms with E-state index in [1.807, 2.05) is 18.2 Å². The van der Waals surface area contributed by atoms with Crippen molar-refractivity contribution < 1.29 is 0 Å². The summed E-state index contributed by atoms with van der Waals surface area (Å²) in [4.78, 5) is 4.16. The van der Waals surface area contributed by atoms with Gasteiger partial charge in [-0.3, -0.25) is 0 Å². The smallest absolute Gasteiger partial charge is 0.181 e. The normalized spacial score (nSPS) is 9.79. The number of hydrogen-bond donors (Lipinski definition) is 2. The number of nitrogens with two attached hydrogens (primary N) is 2. The second-order valence-electron chi connectivity index (χ2n) is 2.74. The number of hydrogen-bond acceptors (Lipinski definition) is 4. The zero-order chi connectivity index (χ0) is 9.97. The van der Waals surface area contributed by atoms with Crippen LogP contribution in [0, 0.1) is 11.8 Å². The maximum atomic E-state index is 5.59. The van der Waals surface area contributed by atoms with Crippen molar-refractivity contribution in [3.05, 3.63) is 23.8 Å². The number of anilines is 1. The lowest BCUT2D eigenvalue weighted by molar-refractivity contribution is 1.30. The molecule has 0 atom stereocenters. The minimum atomic E-state index is 0.378. The SMILES string of the molecule is NCC#Cc1ccc2nc(N)sc2c1. The van der Waals surface area contributed by atoms with Gasteiger partial charge in [0.2, 0.25) is 0 Å². The topological polar surface area (TPSA) is 64.9 Å². The highest BCUT2D eigenvalue weighted by Gasteiger charge is 2.00. The Labute approximate surface area is 85.7 Å². The van der Waals surface area contributed by atoms with Gasteiger partial charge in [0.25, 0.3) is 0 Å². The summed E-state index contributed by atoms with van der Waals surface area (Å²) >= 11 is 1.47. The van der Waals surface area contributed by atoms with E-state index in [-0.39, 0.29) is 0 Å². The molecular formula is C10H9N3S. The molecule has 0 saturated carbocycles. The third-order valence-corrected chi connectivity index (χ3v) is 2.59. The molecule has 4 heteroatoms. The molecule has 0 bridgehead atoms. The van der Waals surface area contributed by atoms with Crippen molar-refractivity contribution in [1.29, 1.82) is 0 Å². The quantitative estimate of drug-likeness (QED) is 0.632. The van der Waals surface area contributed by atoms with Crippen molar-refractivity contribution in [3.8, 4) is 11.8 Å². The van der Waals surface area contributed by atoms with Crippen LogP contribution in [0.2, 0.25) is 0 Å². The summed E-state index contributed by atoms with van der Waals surface area (Å²) in [6, 6.07) is 5.82. The number of benzene rings is 1. The van der Waals surface area contributed by atoms with Gasteiger partial charge in [-0.2, -0.15) is 0 Å². The predicted molar refractivity (Wildman–Crippen MR) is 60.0 cm³/mol. The largest absolute Gasteiger partial charge is 0.375 e. The second kappa shape index (κ2) is 3.66. The molecule has 0 aliphatic heterocycles. The minimum absolute atomic E-state index is 0.378. The standard InChI is InChI=1S/C10H9N3S/c11-5-1-2-7-3-4-8-9(6-7)14-10(12)13-8/h3-4,6H,5,11H2,(H2,12,13). The fourth-order valence-electron chi connectivity index (χ4n) is 1.17. The maximum absolute atomic E-state index is 5.59. The van der Waals surface area contributed by atoms with E-state index < -0.39 is 0 Å². The lowest BCUT2D eigenvalue weighted by Gasteiger charge is -1.89. The van der Waals surface area contributed by atoms with E-state index in [0.29, 0.717) is 11.7 Å². The Kier molecular flexibility index (Phi) is 2.35. The van der Waals surface area contributed by atoms with Crippen LogP contribution < -0.4 is 11.5 Å². The molecule has 0 saturated heterocycles. The Morgan fingerprint density at radius 1 is 1.43 bits per heavy atom. The zero-order valence-corrected chi connectivity index (χ0v) is 8.27. The number of nitrogens with zero attached hydrogens (tertiary/aromatic N) is 1. The molecule has 70 valence electrons. The van der Waals surface area contributed by atoms with Crippen molar-refractivity contribution in [2.45, 2.75) is 0 Å². The van der Waals surface area contributed by atoms with Gasteiger partial charge in [-0.05, 0) is 18.2 Å². The number of nitrogen functional groups attached to an aromatic ring is 1. The first-order valence-corrected chi connectivity index (χ1v) is 4.96. The Bertz CT molecular complexity index is 519. The monoisotopic (exact) mass is 203 g/mol. The second-order valence-corrected chi connectivity index (χ2v) is 3.80. The van der Waals surface area contributed by atoms with Crippen LogP contribution in [0.4, 0.5) is 5.13 Å². The van der Waals surface area contributed by atoms with Crippen LogP contribution in [0.25, 0.3) is 10.2 Å². The third kappa shape index (κ3) is 1.69. The molecule has 0 amide bonds. The van der Waals surface area contributed by atoms with Gasteiger partial charge in [-0.1, -0.05) is 23.2 Å². The summed E-state index contributed by atoms with van der Waals surface area (Å²) < 4.78 is 1.06. The molecule has 0 unspecified atom stereocenters. The van der Waals surface area contributed by atoms with E-state index in [0.717, 1.165) is 15.8 Å².